The van der Waals surface area contributed by atoms with Gasteiger partial charge in [0.1, 0.15) is 11.6 Å². The highest BCUT2D eigenvalue weighted by Gasteiger charge is 2.30. The Kier molecular flexibility index (Phi) is 5.92. The molecule has 0 saturated heterocycles. The van der Waals surface area contributed by atoms with E-state index in [0.29, 0.717) is 34.9 Å². The zero-order valence-corrected chi connectivity index (χ0v) is 17.8. The maximum absolute atomic E-state index is 12.4. The number of benzene rings is 1. The van der Waals surface area contributed by atoms with Crippen molar-refractivity contribution in [1.29, 1.82) is 0 Å². The van der Waals surface area contributed by atoms with Crippen LogP contribution in [0.4, 0.5) is 5.69 Å². The highest BCUT2D eigenvalue weighted by Crippen LogP contribution is 2.31. The number of carbonyl (C=O) groups is 1. The summed E-state index contributed by atoms with van der Waals surface area (Å²) in [5.74, 6) is 0.619. The lowest BCUT2D eigenvalue weighted by atomic mass is 10.1. The second kappa shape index (κ2) is 8.44. The van der Waals surface area contributed by atoms with Gasteiger partial charge in [0.2, 0.25) is 5.91 Å². The van der Waals surface area contributed by atoms with Gasteiger partial charge in [0.15, 0.2) is 15.7 Å². The summed E-state index contributed by atoms with van der Waals surface area (Å²) in [6.07, 6.45) is 7.32. The van der Waals surface area contributed by atoms with E-state index >= 15 is 0 Å². The van der Waals surface area contributed by atoms with Crippen LogP contribution in [0, 0.1) is 0 Å². The molecule has 1 saturated carbocycles. The zero-order valence-electron chi connectivity index (χ0n) is 16.2. The van der Waals surface area contributed by atoms with Crippen LogP contribution in [0.1, 0.15) is 50.8 Å². The molecule has 1 aliphatic heterocycles. The molecule has 9 heteroatoms. The second-order valence-corrected chi connectivity index (χ2v) is 10.5. The first-order valence-corrected chi connectivity index (χ1v) is 12.3. The molecule has 29 heavy (non-hydrogen) atoms. The van der Waals surface area contributed by atoms with E-state index in [2.05, 4.69) is 20.1 Å². The fourth-order valence-corrected chi connectivity index (χ4v) is 6.13. The summed E-state index contributed by atoms with van der Waals surface area (Å²) in [7, 11) is -3.42. The summed E-state index contributed by atoms with van der Waals surface area (Å²) in [5, 5.41) is 11.5. The highest BCUT2D eigenvalue weighted by atomic mass is 35.5. The van der Waals surface area contributed by atoms with Gasteiger partial charge in [0.25, 0.3) is 0 Å². The third-order valence-corrected chi connectivity index (χ3v) is 8.22. The van der Waals surface area contributed by atoms with Crippen molar-refractivity contribution in [3.8, 4) is 11.4 Å². The van der Waals surface area contributed by atoms with Gasteiger partial charge in [-0.15, -0.1) is 10.2 Å². The third kappa shape index (κ3) is 4.48. The van der Waals surface area contributed by atoms with Crippen LogP contribution in [0.25, 0.3) is 11.4 Å². The van der Waals surface area contributed by atoms with E-state index in [4.69, 9.17) is 11.6 Å². The standard InChI is InChI=1S/C20H25ClN4O3S/c21-17-10-9-14(22-19(26)13-29(27,28)15-6-3-4-7-15)12-16(17)20-24-23-18-8-2-1-5-11-25(18)20/h9-10,12,15H,1-8,11,13H2,(H,22,26). The summed E-state index contributed by atoms with van der Waals surface area (Å²) >= 11 is 6.41. The Balaban J connectivity index is 1.53. The molecule has 2 aromatic rings. The SMILES string of the molecule is O=C(CS(=O)(=O)C1CCCC1)Nc1ccc(Cl)c(-c2nnc3n2CCCCC3)c1. The molecule has 0 atom stereocenters. The van der Waals surface area contributed by atoms with Crippen molar-refractivity contribution in [2.24, 2.45) is 0 Å². The average molecular weight is 437 g/mol. The Labute approximate surface area is 175 Å². The van der Waals surface area contributed by atoms with Crippen molar-refractivity contribution in [2.45, 2.75) is 63.2 Å². The van der Waals surface area contributed by atoms with Crippen LogP contribution in [0.15, 0.2) is 18.2 Å². The lowest BCUT2D eigenvalue weighted by Gasteiger charge is -2.13. The molecule has 1 aromatic carbocycles. The first-order valence-electron chi connectivity index (χ1n) is 10.2. The second-order valence-electron chi connectivity index (χ2n) is 7.86. The molecule has 1 aromatic heterocycles. The Bertz CT molecular complexity index is 1010. The van der Waals surface area contributed by atoms with Gasteiger partial charge in [-0.25, -0.2) is 8.42 Å². The van der Waals surface area contributed by atoms with E-state index in [9.17, 15) is 13.2 Å². The van der Waals surface area contributed by atoms with Gasteiger partial charge in [0.05, 0.1) is 10.3 Å². The van der Waals surface area contributed by atoms with Gasteiger partial charge in [0, 0.05) is 24.2 Å². The average Bonchev–Trinajstić information content (AvgIpc) is 3.29. The number of nitrogens with one attached hydrogen (secondary N) is 1. The Morgan fingerprint density at radius 1 is 1.14 bits per heavy atom. The number of hydrogen-bond donors (Lipinski definition) is 1. The number of rotatable bonds is 5. The zero-order chi connectivity index (χ0) is 20.4. The normalized spacial score (nSPS) is 17.7. The quantitative estimate of drug-likeness (QED) is 0.772. The monoisotopic (exact) mass is 436 g/mol. The first kappa shape index (κ1) is 20.3. The number of carbonyl (C=O) groups excluding carboxylic acids is 1. The minimum Gasteiger partial charge on any atom is -0.325 e. The topological polar surface area (TPSA) is 93.9 Å². The summed E-state index contributed by atoms with van der Waals surface area (Å²) < 4.78 is 26.9. The Morgan fingerprint density at radius 2 is 1.93 bits per heavy atom. The summed E-state index contributed by atoms with van der Waals surface area (Å²) in [6.45, 7) is 0.838. The minimum atomic E-state index is -3.42. The lowest BCUT2D eigenvalue weighted by Crippen LogP contribution is -2.29. The number of hydrogen-bond acceptors (Lipinski definition) is 5. The molecular formula is C20H25ClN4O3S. The fourth-order valence-electron chi connectivity index (χ4n) is 4.20. The van der Waals surface area contributed by atoms with Crippen molar-refractivity contribution in [2.75, 3.05) is 11.1 Å². The van der Waals surface area contributed by atoms with Crippen molar-refractivity contribution in [1.82, 2.24) is 14.8 Å². The molecule has 0 unspecified atom stereocenters. The smallest absolute Gasteiger partial charge is 0.239 e. The number of aromatic nitrogens is 3. The molecule has 0 bridgehead atoms. The molecule has 2 heterocycles. The minimum absolute atomic E-state index is 0.388. The number of anilines is 1. The molecule has 7 nitrogen and oxygen atoms in total. The maximum atomic E-state index is 12.4. The van der Waals surface area contributed by atoms with Crippen LogP contribution in [0.5, 0.6) is 0 Å². The number of fused-ring (bicyclic) bond motifs is 1. The van der Waals surface area contributed by atoms with Gasteiger partial charge < -0.3 is 9.88 Å². The van der Waals surface area contributed by atoms with Gasteiger partial charge in [-0.05, 0) is 43.9 Å². The van der Waals surface area contributed by atoms with Crippen LogP contribution < -0.4 is 5.32 Å². The van der Waals surface area contributed by atoms with E-state index in [1.54, 1.807) is 18.2 Å². The number of halogens is 1. The van der Waals surface area contributed by atoms with Crippen molar-refractivity contribution >= 4 is 33.0 Å². The maximum Gasteiger partial charge on any atom is 0.239 e. The molecule has 1 amide bonds. The fraction of sp³-hybridized carbons (Fsp3) is 0.550. The molecular weight excluding hydrogens is 412 g/mol. The summed E-state index contributed by atoms with van der Waals surface area (Å²) in [5.41, 5.74) is 1.19. The van der Waals surface area contributed by atoms with Crippen LogP contribution >= 0.6 is 11.6 Å². The van der Waals surface area contributed by atoms with E-state index in [1.807, 2.05) is 0 Å². The lowest BCUT2D eigenvalue weighted by molar-refractivity contribution is -0.113. The predicted molar refractivity (Wildman–Crippen MR) is 113 cm³/mol. The number of sulfone groups is 1. The number of aryl methyl sites for hydroxylation is 1. The van der Waals surface area contributed by atoms with Gasteiger partial charge >= 0.3 is 0 Å². The Hall–Kier alpha value is -1.93. The van der Waals surface area contributed by atoms with Crippen LogP contribution in [0.2, 0.25) is 5.02 Å². The molecule has 2 aliphatic rings. The first-order chi connectivity index (χ1) is 13.9. The Morgan fingerprint density at radius 3 is 2.72 bits per heavy atom. The molecule has 1 N–H and O–H groups in total. The van der Waals surface area contributed by atoms with Gasteiger partial charge in [-0.3, -0.25) is 4.79 Å². The predicted octanol–water partition coefficient (Wildman–Crippen LogP) is 3.62. The van der Waals surface area contributed by atoms with Crippen LogP contribution in [0.3, 0.4) is 0 Å². The van der Waals surface area contributed by atoms with E-state index in [-0.39, 0.29) is 5.25 Å². The molecule has 1 fully saturated rings. The largest absolute Gasteiger partial charge is 0.325 e. The van der Waals surface area contributed by atoms with Crippen LogP contribution in [-0.4, -0.2) is 40.1 Å². The van der Waals surface area contributed by atoms with E-state index in [0.717, 1.165) is 50.9 Å². The van der Waals surface area contributed by atoms with Gasteiger partial charge in [-0.1, -0.05) is 30.9 Å². The molecule has 0 radical (unpaired) electrons. The van der Waals surface area contributed by atoms with E-state index in [1.165, 1.54) is 0 Å². The van der Waals surface area contributed by atoms with Gasteiger partial charge in [-0.2, -0.15) is 0 Å². The number of amides is 1. The molecule has 0 spiro atoms. The summed E-state index contributed by atoms with van der Waals surface area (Å²) in [4.78, 5) is 12.4. The van der Waals surface area contributed by atoms with Crippen molar-refractivity contribution < 1.29 is 13.2 Å². The molecule has 4 rings (SSSR count). The van der Waals surface area contributed by atoms with Crippen molar-refractivity contribution in [3.05, 3.63) is 29.0 Å². The third-order valence-electron chi connectivity index (χ3n) is 5.74. The number of nitrogens with zero attached hydrogens (tertiary/aromatic N) is 3. The van der Waals surface area contributed by atoms with Crippen LogP contribution in [-0.2, 0) is 27.6 Å². The van der Waals surface area contributed by atoms with E-state index < -0.39 is 21.5 Å². The highest BCUT2D eigenvalue weighted by molar-refractivity contribution is 7.92. The molecule has 1 aliphatic carbocycles. The van der Waals surface area contributed by atoms with Crippen molar-refractivity contribution in [3.63, 3.8) is 0 Å². The molecule has 156 valence electrons. The summed E-state index contributed by atoms with van der Waals surface area (Å²) in [6, 6.07) is 5.10.